The van der Waals surface area contributed by atoms with E-state index in [0.717, 1.165) is 5.92 Å². The quantitative estimate of drug-likeness (QED) is 0.686. The molecule has 0 spiro atoms. The standard InChI is InChI=1S/C12H16F3N3O2.C7H14/c1-8(18-11(19)6-16)7-17-9-2-4-10(5-3-9)20-12(13,14)15;1-7-5-3-2-4-6-7/h2-5,8,17H,6-7,16H2,1H3,(H,18,19);7H,2-6H2,1H3. The van der Waals surface area contributed by atoms with E-state index in [-0.39, 0.29) is 24.2 Å². The van der Waals surface area contributed by atoms with E-state index in [1.54, 1.807) is 6.92 Å². The van der Waals surface area contributed by atoms with E-state index in [4.69, 9.17) is 5.73 Å². The zero-order chi connectivity index (χ0) is 20.3. The van der Waals surface area contributed by atoms with Crippen molar-refractivity contribution in [2.24, 2.45) is 11.7 Å². The number of anilines is 1. The summed E-state index contributed by atoms with van der Waals surface area (Å²) in [5, 5.41) is 5.61. The number of ether oxygens (including phenoxy) is 1. The van der Waals surface area contributed by atoms with Gasteiger partial charge < -0.3 is 21.1 Å². The van der Waals surface area contributed by atoms with Gasteiger partial charge in [0, 0.05) is 18.3 Å². The average Bonchev–Trinajstić information content (AvgIpc) is 2.61. The van der Waals surface area contributed by atoms with Crippen molar-refractivity contribution >= 4 is 11.6 Å². The Balaban J connectivity index is 0.000000433. The molecular weight excluding hydrogens is 359 g/mol. The second-order valence-electron chi connectivity index (χ2n) is 6.87. The Morgan fingerprint density at radius 3 is 2.26 bits per heavy atom. The first-order valence-electron chi connectivity index (χ1n) is 9.28. The number of nitrogens with one attached hydrogen (secondary N) is 2. The molecule has 1 atom stereocenters. The molecule has 0 aliphatic heterocycles. The van der Waals surface area contributed by atoms with Gasteiger partial charge in [-0.15, -0.1) is 13.2 Å². The molecule has 1 aliphatic carbocycles. The largest absolute Gasteiger partial charge is 0.573 e. The Labute approximate surface area is 158 Å². The van der Waals surface area contributed by atoms with E-state index in [1.807, 2.05) is 0 Å². The van der Waals surface area contributed by atoms with Gasteiger partial charge in [-0.2, -0.15) is 0 Å². The number of rotatable bonds is 6. The molecule has 4 N–H and O–H groups in total. The molecule has 1 aromatic carbocycles. The lowest BCUT2D eigenvalue weighted by Gasteiger charge is -2.15. The van der Waals surface area contributed by atoms with E-state index in [9.17, 15) is 18.0 Å². The summed E-state index contributed by atoms with van der Waals surface area (Å²) in [5.74, 6) is 0.481. The number of nitrogens with two attached hydrogens (primary N) is 1. The van der Waals surface area contributed by atoms with Crippen molar-refractivity contribution in [1.29, 1.82) is 0 Å². The van der Waals surface area contributed by atoms with Crippen LogP contribution in [0.4, 0.5) is 18.9 Å². The third-order valence-corrected chi connectivity index (χ3v) is 4.19. The SMILES string of the molecule is CC(CNc1ccc(OC(F)(F)F)cc1)NC(=O)CN.CC1CCCCC1. The van der Waals surface area contributed by atoms with E-state index in [0.29, 0.717) is 12.2 Å². The molecule has 1 aliphatic rings. The van der Waals surface area contributed by atoms with Crippen LogP contribution in [-0.2, 0) is 4.79 Å². The summed E-state index contributed by atoms with van der Waals surface area (Å²) in [6, 6.07) is 5.17. The average molecular weight is 389 g/mol. The van der Waals surface area contributed by atoms with Gasteiger partial charge in [-0.1, -0.05) is 39.0 Å². The summed E-state index contributed by atoms with van der Waals surface area (Å²) < 4.78 is 39.6. The lowest BCUT2D eigenvalue weighted by Crippen LogP contribution is -2.40. The van der Waals surface area contributed by atoms with Crippen molar-refractivity contribution < 1.29 is 22.7 Å². The molecule has 8 heteroatoms. The number of halogens is 3. The third kappa shape index (κ3) is 11.4. The summed E-state index contributed by atoms with van der Waals surface area (Å²) in [6.45, 7) is 4.47. The minimum absolute atomic E-state index is 0.0895. The second kappa shape index (κ2) is 11.7. The third-order valence-electron chi connectivity index (χ3n) is 4.19. The first-order valence-corrected chi connectivity index (χ1v) is 9.28. The molecular formula is C19H30F3N3O2. The lowest BCUT2D eigenvalue weighted by molar-refractivity contribution is -0.274. The smallest absolute Gasteiger partial charge is 0.406 e. The van der Waals surface area contributed by atoms with Crippen LogP contribution in [0.25, 0.3) is 0 Å². The molecule has 0 heterocycles. The number of alkyl halides is 3. The summed E-state index contributed by atoms with van der Waals surface area (Å²) in [4.78, 5) is 11.0. The first-order chi connectivity index (χ1) is 12.7. The van der Waals surface area contributed by atoms with E-state index < -0.39 is 6.36 Å². The molecule has 0 aromatic heterocycles. The minimum Gasteiger partial charge on any atom is -0.406 e. The summed E-state index contributed by atoms with van der Waals surface area (Å²) in [5.41, 5.74) is 5.78. The molecule has 2 rings (SSSR count). The Morgan fingerprint density at radius 2 is 1.81 bits per heavy atom. The first kappa shape index (κ1) is 23.1. The number of hydrogen-bond donors (Lipinski definition) is 3. The molecule has 1 aromatic rings. The van der Waals surface area contributed by atoms with Crippen LogP contribution >= 0.6 is 0 Å². The van der Waals surface area contributed by atoms with Crippen molar-refractivity contribution in [2.75, 3.05) is 18.4 Å². The Bertz CT molecular complexity index is 544. The van der Waals surface area contributed by atoms with E-state index in [2.05, 4.69) is 22.3 Å². The topological polar surface area (TPSA) is 76.4 Å². The predicted octanol–water partition coefficient (Wildman–Crippen LogP) is 4.05. The Morgan fingerprint density at radius 1 is 1.22 bits per heavy atom. The normalized spacial score (nSPS) is 15.9. The monoisotopic (exact) mass is 389 g/mol. The Hall–Kier alpha value is -1.96. The van der Waals surface area contributed by atoms with E-state index >= 15 is 0 Å². The van der Waals surface area contributed by atoms with Crippen molar-refractivity contribution in [3.05, 3.63) is 24.3 Å². The number of hydrogen-bond acceptors (Lipinski definition) is 4. The highest BCUT2D eigenvalue weighted by Gasteiger charge is 2.30. The highest BCUT2D eigenvalue weighted by molar-refractivity contribution is 5.78. The van der Waals surface area contributed by atoms with Gasteiger partial charge in [-0.05, 0) is 37.1 Å². The summed E-state index contributed by atoms with van der Waals surface area (Å²) in [6.07, 6.45) is 2.74. The molecule has 1 amide bonds. The number of carbonyl (C=O) groups is 1. The van der Waals surface area contributed by atoms with Gasteiger partial charge in [0.05, 0.1) is 6.54 Å². The molecule has 1 unspecified atom stereocenters. The fourth-order valence-electron chi connectivity index (χ4n) is 2.74. The predicted molar refractivity (Wildman–Crippen MR) is 101 cm³/mol. The van der Waals surface area contributed by atoms with Gasteiger partial charge in [0.15, 0.2) is 0 Å². The fourth-order valence-corrected chi connectivity index (χ4v) is 2.74. The summed E-state index contributed by atoms with van der Waals surface area (Å²) in [7, 11) is 0. The molecule has 0 saturated heterocycles. The fraction of sp³-hybridized carbons (Fsp3) is 0.632. The lowest BCUT2D eigenvalue weighted by atomic mass is 9.91. The highest BCUT2D eigenvalue weighted by Crippen LogP contribution is 2.24. The zero-order valence-electron chi connectivity index (χ0n) is 15.9. The zero-order valence-corrected chi connectivity index (χ0v) is 15.9. The maximum Gasteiger partial charge on any atom is 0.573 e. The van der Waals surface area contributed by atoms with Crippen molar-refractivity contribution in [3.63, 3.8) is 0 Å². The minimum atomic E-state index is -4.70. The van der Waals surface area contributed by atoms with Gasteiger partial charge in [-0.3, -0.25) is 4.79 Å². The molecule has 154 valence electrons. The molecule has 0 bridgehead atoms. The number of amides is 1. The van der Waals surface area contributed by atoms with E-state index in [1.165, 1.54) is 56.4 Å². The Kier molecular flexibility index (Phi) is 9.99. The van der Waals surface area contributed by atoms with Crippen LogP contribution in [0.15, 0.2) is 24.3 Å². The maximum absolute atomic E-state index is 12.0. The van der Waals surface area contributed by atoms with Crippen LogP contribution in [0.5, 0.6) is 5.75 Å². The van der Waals surface area contributed by atoms with Crippen LogP contribution in [0.2, 0.25) is 0 Å². The van der Waals surface area contributed by atoms with Crippen LogP contribution in [0.3, 0.4) is 0 Å². The molecule has 1 fully saturated rings. The van der Waals surface area contributed by atoms with Crippen molar-refractivity contribution in [2.45, 2.75) is 58.4 Å². The van der Waals surface area contributed by atoms with Crippen LogP contribution in [0, 0.1) is 5.92 Å². The molecule has 27 heavy (non-hydrogen) atoms. The number of carbonyl (C=O) groups excluding carboxylic acids is 1. The molecule has 0 radical (unpaired) electrons. The van der Waals surface area contributed by atoms with Crippen LogP contribution in [0.1, 0.15) is 46.0 Å². The van der Waals surface area contributed by atoms with Gasteiger partial charge in [0.2, 0.25) is 5.91 Å². The van der Waals surface area contributed by atoms with Gasteiger partial charge in [-0.25, -0.2) is 0 Å². The second-order valence-corrected chi connectivity index (χ2v) is 6.87. The van der Waals surface area contributed by atoms with Crippen LogP contribution in [-0.4, -0.2) is 31.4 Å². The van der Waals surface area contributed by atoms with Crippen LogP contribution < -0.4 is 21.1 Å². The number of benzene rings is 1. The van der Waals surface area contributed by atoms with Crippen molar-refractivity contribution in [1.82, 2.24) is 5.32 Å². The summed E-state index contributed by atoms with van der Waals surface area (Å²) >= 11 is 0. The maximum atomic E-state index is 12.0. The van der Waals surface area contributed by atoms with Crippen molar-refractivity contribution in [3.8, 4) is 5.75 Å². The van der Waals surface area contributed by atoms with Gasteiger partial charge in [0.25, 0.3) is 0 Å². The van der Waals surface area contributed by atoms with Gasteiger partial charge in [0.1, 0.15) is 5.75 Å². The van der Waals surface area contributed by atoms with Gasteiger partial charge >= 0.3 is 6.36 Å². The highest BCUT2D eigenvalue weighted by atomic mass is 19.4. The molecule has 5 nitrogen and oxygen atoms in total. The molecule has 1 saturated carbocycles.